The van der Waals surface area contributed by atoms with Crippen LogP contribution < -0.4 is 5.32 Å². The Hall–Kier alpha value is -0.900. The molecule has 2 atom stereocenters. The van der Waals surface area contributed by atoms with E-state index in [1.54, 1.807) is 12.1 Å². The van der Waals surface area contributed by atoms with Gasteiger partial charge in [0.2, 0.25) is 0 Å². The van der Waals surface area contributed by atoms with Crippen LogP contribution in [0.1, 0.15) is 43.0 Å². The molecule has 2 unspecified atom stereocenters. The molecule has 1 aliphatic carbocycles. The van der Waals surface area contributed by atoms with Gasteiger partial charge in [0, 0.05) is 6.54 Å². The molecule has 1 fully saturated rings. The summed E-state index contributed by atoms with van der Waals surface area (Å²) in [6.45, 7) is 2.93. The fourth-order valence-corrected chi connectivity index (χ4v) is 3.14. The summed E-state index contributed by atoms with van der Waals surface area (Å²) in [7, 11) is 0. The Bertz CT molecular complexity index is 463. The molecule has 1 aliphatic rings. The third kappa shape index (κ3) is 3.56. The van der Waals surface area contributed by atoms with Crippen LogP contribution in [0.5, 0.6) is 0 Å². The molecule has 0 radical (unpaired) electrons. The second kappa shape index (κ2) is 6.51. The molecule has 2 nitrogen and oxygen atoms in total. The van der Waals surface area contributed by atoms with E-state index >= 15 is 0 Å². The Labute approximate surface area is 121 Å². The Balaban J connectivity index is 1.95. The lowest BCUT2D eigenvalue weighted by Crippen LogP contribution is -2.33. The summed E-state index contributed by atoms with van der Waals surface area (Å²) in [6.07, 6.45) is 4.95. The van der Waals surface area contributed by atoms with Crippen LogP contribution in [-0.4, -0.2) is 12.5 Å². The van der Waals surface area contributed by atoms with Crippen molar-refractivity contribution in [3.8, 4) is 0 Å². The van der Waals surface area contributed by atoms with Crippen molar-refractivity contribution in [2.24, 2.45) is 11.8 Å². The Morgan fingerprint density at radius 3 is 2.89 bits per heavy atom. The van der Waals surface area contributed by atoms with Gasteiger partial charge in [0.1, 0.15) is 5.82 Å². The highest BCUT2D eigenvalue weighted by atomic mass is 79.9. The lowest BCUT2D eigenvalue weighted by Gasteiger charge is -2.28. The normalized spacial score (nSPS) is 23.1. The Morgan fingerprint density at radius 1 is 1.42 bits per heavy atom. The average molecular weight is 328 g/mol. The monoisotopic (exact) mass is 327 g/mol. The van der Waals surface area contributed by atoms with Crippen LogP contribution in [0.3, 0.4) is 0 Å². The number of halogens is 2. The molecule has 1 saturated carbocycles. The van der Waals surface area contributed by atoms with Gasteiger partial charge in [-0.15, -0.1) is 0 Å². The van der Waals surface area contributed by atoms with E-state index in [4.69, 9.17) is 0 Å². The van der Waals surface area contributed by atoms with Gasteiger partial charge in [-0.3, -0.25) is 4.79 Å². The first-order valence-electron chi connectivity index (χ1n) is 6.82. The fraction of sp³-hybridized carbons (Fsp3) is 0.533. The van der Waals surface area contributed by atoms with Gasteiger partial charge in [0.15, 0.2) is 0 Å². The van der Waals surface area contributed by atoms with E-state index in [9.17, 15) is 9.18 Å². The van der Waals surface area contributed by atoms with E-state index in [0.717, 1.165) is 0 Å². The fourth-order valence-electron chi connectivity index (χ4n) is 2.69. The van der Waals surface area contributed by atoms with Crippen LogP contribution in [0.2, 0.25) is 0 Å². The van der Waals surface area contributed by atoms with Crippen molar-refractivity contribution in [1.82, 2.24) is 5.32 Å². The summed E-state index contributed by atoms with van der Waals surface area (Å²) in [6, 6.07) is 4.52. The smallest absolute Gasteiger partial charge is 0.252 e. The first-order valence-corrected chi connectivity index (χ1v) is 7.61. The highest BCUT2D eigenvalue weighted by molar-refractivity contribution is 9.10. The van der Waals surface area contributed by atoms with E-state index in [1.165, 1.54) is 31.7 Å². The highest BCUT2D eigenvalue weighted by Gasteiger charge is 2.22. The maximum absolute atomic E-state index is 13.4. The molecule has 0 saturated heterocycles. The summed E-state index contributed by atoms with van der Waals surface area (Å²) in [4.78, 5) is 12.1. The van der Waals surface area contributed by atoms with Crippen LogP contribution in [0.15, 0.2) is 22.7 Å². The summed E-state index contributed by atoms with van der Waals surface area (Å²) >= 11 is 3.12. The Kier molecular flexibility index (Phi) is 4.97. The summed E-state index contributed by atoms with van der Waals surface area (Å²) in [5, 5.41) is 2.93. The third-order valence-electron chi connectivity index (χ3n) is 4.01. The van der Waals surface area contributed by atoms with Crippen molar-refractivity contribution in [3.05, 3.63) is 34.1 Å². The quantitative estimate of drug-likeness (QED) is 0.887. The maximum atomic E-state index is 13.4. The maximum Gasteiger partial charge on any atom is 0.252 e. The van der Waals surface area contributed by atoms with Crippen molar-refractivity contribution < 1.29 is 9.18 Å². The average Bonchev–Trinajstić information content (AvgIpc) is 2.40. The van der Waals surface area contributed by atoms with E-state index in [0.29, 0.717) is 23.9 Å². The molecular formula is C15H19BrFNO. The Morgan fingerprint density at radius 2 is 2.16 bits per heavy atom. The summed E-state index contributed by atoms with van der Waals surface area (Å²) in [5.41, 5.74) is 0.364. The lowest BCUT2D eigenvalue weighted by molar-refractivity contribution is 0.0935. The minimum absolute atomic E-state index is 0.204. The van der Waals surface area contributed by atoms with Gasteiger partial charge in [-0.25, -0.2) is 4.39 Å². The van der Waals surface area contributed by atoms with Crippen LogP contribution in [0.25, 0.3) is 0 Å². The van der Waals surface area contributed by atoms with Gasteiger partial charge >= 0.3 is 0 Å². The molecule has 19 heavy (non-hydrogen) atoms. The second-order valence-corrected chi connectivity index (χ2v) is 6.13. The van der Waals surface area contributed by atoms with Crippen LogP contribution >= 0.6 is 15.9 Å². The van der Waals surface area contributed by atoms with Gasteiger partial charge < -0.3 is 5.32 Å². The zero-order valence-corrected chi connectivity index (χ0v) is 12.7. The van der Waals surface area contributed by atoms with Crippen LogP contribution in [-0.2, 0) is 0 Å². The van der Waals surface area contributed by atoms with Crippen molar-refractivity contribution in [2.45, 2.75) is 32.6 Å². The predicted molar refractivity (Wildman–Crippen MR) is 77.6 cm³/mol. The molecule has 1 aromatic rings. The molecule has 0 aromatic heterocycles. The number of hydrogen-bond donors (Lipinski definition) is 1. The number of nitrogens with one attached hydrogen (secondary N) is 1. The lowest BCUT2D eigenvalue weighted by atomic mass is 9.80. The number of amides is 1. The second-order valence-electron chi connectivity index (χ2n) is 5.33. The number of benzene rings is 1. The van der Waals surface area contributed by atoms with Crippen molar-refractivity contribution >= 4 is 21.8 Å². The largest absolute Gasteiger partial charge is 0.352 e. The van der Waals surface area contributed by atoms with E-state index in [2.05, 4.69) is 28.2 Å². The third-order valence-corrected chi connectivity index (χ3v) is 4.82. The van der Waals surface area contributed by atoms with Gasteiger partial charge in [-0.2, -0.15) is 0 Å². The molecule has 0 spiro atoms. The molecule has 1 N–H and O–H groups in total. The van der Waals surface area contributed by atoms with Crippen molar-refractivity contribution in [2.75, 3.05) is 6.54 Å². The number of carbonyl (C=O) groups is 1. The molecular weight excluding hydrogens is 309 g/mol. The number of rotatable bonds is 3. The molecule has 0 bridgehead atoms. The first kappa shape index (κ1) is 14.5. The van der Waals surface area contributed by atoms with Crippen molar-refractivity contribution in [1.29, 1.82) is 0 Å². The van der Waals surface area contributed by atoms with Gasteiger partial charge in [0.25, 0.3) is 5.91 Å². The van der Waals surface area contributed by atoms with Crippen molar-refractivity contribution in [3.63, 3.8) is 0 Å². The van der Waals surface area contributed by atoms with Crippen LogP contribution in [0.4, 0.5) is 4.39 Å². The first-order chi connectivity index (χ1) is 9.09. The molecule has 4 heteroatoms. The van der Waals surface area contributed by atoms with Crippen LogP contribution in [0, 0.1) is 17.7 Å². The van der Waals surface area contributed by atoms with Gasteiger partial charge in [-0.05, 0) is 46.3 Å². The summed E-state index contributed by atoms with van der Waals surface area (Å²) < 4.78 is 13.6. The highest BCUT2D eigenvalue weighted by Crippen LogP contribution is 2.29. The molecule has 0 heterocycles. The molecule has 1 aromatic carbocycles. The zero-order valence-electron chi connectivity index (χ0n) is 11.1. The standard InChI is InChI=1S/C15H19BrFNO/c1-10-5-2-3-6-11(10)9-18-15(19)12-7-4-8-13(17)14(12)16/h4,7-8,10-11H,2-3,5-6,9H2,1H3,(H,18,19). The minimum Gasteiger partial charge on any atom is -0.352 e. The predicted octanol–water partition coefficient (Wildman–Crippen LogP) is 4.14. The molecule has 104 valence electrons. The zero-order chi connectivity index (χ0) is 13.8. The van der Waals surface area contributed by atoms with E-state index < -0.39 is 5.82 Å². The molecule has 1 amide bonds. The van der Waals surface area contributed by atoms with Gasteiger partial charge in [0.05, 0.1) is 10.0 Å². The molecule has 0 aliphatic heterocycles. The number of hydrogen-bond acceptors (Lipinski definition) is 1. The van der Waals surface area contributed by atoms with E-state index in [-0.39, 0.29) is 10.4 Å². The number of carbonyl (C=O) groups excluding carboxylic acids is 1. The summed E-state index contributed by atoms with van der Waals surface area (Å²) in [5.74, 6) is 0.595. The topological polar surface area (TPSA) is 29.1 Å². The van der Waals surface area contributed by atoms with Gasteiger partial charge in [-0.1, -0.05) is 32.3 Å². The van der Waals surface area contributed by atoms with E-state index in [1.807, 2.05) is 0 Å². The molecule has 2 rings (SSSR count). The SMILES string of the molecule is CC1CCCCC1CNC(=O)c1cccc(F)c1Br. The minimum atomic E-state index is -0.404.